The molecule has 0 radical (unpaired) electrons. The number of hydrogen-bond acceptors (Lipinski definition) is 4. The first-order valence-corrected chi connectivity index (χ1v) is 4.38. The maximum Gasteiger partial charge on any atom is 0.357 e. The van der Waals surface area contributed by atoms with Crippen molar-refractivity contribution in [1.29, 1.82) is 0 Å². The van der Waals surface area contributed by atoms with Crippen LogP contribution in [0.1, 0.15) is 0 Å². The lowest BCUT2D eigenvalue weighted by molar-refractivity contribution is 0.489. The quantitative estimate of drug-likeness (QED) is 0.562. The maximum absolute atomic E-state index is 10.3. The first kappa shape index (κ1) is 8.75. The van der Waals surface area contributed by atoms with Gasteiger partial charge in [-0.3, -0.25) is 14.3 Å². The van der Waals surface area contributed by atoms with Crippen LogP contribution in [0.25, 0.3) is 0 Å². The normalized spacial score (nSPS) is 11.1. The molecular formula is C5H7N3O3S. The van der Waals surface area contributed by atoms with Gasteiger partial charge in [0, 0.05) is 6.20 Å². The number of nitrogen functional groups attached to an aromatic ring is 1. The van der Waals surface area contributed by atoms with Gasteiger partial charge in [0.1, 0.15) is 0 Å². The highest BCUT2D eigenvalue weighted by atomic mass is 32.2. The van der Waals surface area contributed by atoms with Gasteiger partial charge in [0.05, 0.1) is 17.6 Å². The zero-order valence-corrected chi connectivity index (χ0v) is 6.75. The van der Waals surface area contributed by atoms with Gasteiger partial charge < -0.3 is 5.73 Å². The molecule has 0 saturated carbocycles. The summed E-state index contributed by atoms with van der Waals surface area (Å²) in [5, 5.41) is 0. The molecule has 66 valence electrons. The number of nitrogens with zero attached hydrogens (tertiary/aromatic N) is 1. The highest BCUT2D eigenvalue weighted by molar-refractivity contribution is 7.87. The number of nitrogens with two attached hydrogens (primary N) is 1. The molecule has 0 aliphatic rings. The molecule has 0 aliphatic heterocycles. The SMILES string of the molecule is Nc1ccncc1NS(=O)(=O)O. The number of rotatable bonds is 2. The zero-order valence-electron chi connectivity index (χ0n) is 5.93. The van der Waals surface area contributed by atoms with Crippen molar-refractivity contribution >= 4 is 21.7 Å². The van der Waals surface area contributed by atoms with E-state index in [4.69, 9.17) is 10.3 Å². The summed E-state index contributed by atoms with van der Waals surface area (Å²) in [7, 11) is -4.27. The summed E-state index contributed by atoms with van der Waals surface area (Å²) in [5.74, 6) is 0. The number of anilines is 2. The molecule has 4 N–H and O–H groups in total. The Morgan fingerprint density at radius 1 is 1.58 bits per heavy atom. The summed E-state index contributed by atoms with van der Waals surface area (Å²) in [6, 6.07) is 1.41. The van der Waals surface area contributed by atoms with Crippen LogP contribution < -0.4 is 10.5 Å². The fourth-order valence-corrected chi connectivity index (χ4v) is 1.08. The van der Waals surface area contributed by atoms with Gasteiger partial charge in [-0.2, -0.15) is 8.42 Å². The fourth-order valence-electron chi connectivity index (χ4n) is 0.629. The van der Waals surface area contributed by atoms with Crippen LogP contribution in [0.5, 0.6) is 0 Å². The number of hydrogen-bond donors (Lipinski definition) is 3. The molecule has 7 heteroatoms. The molecular weight excluding hydrogens is 182 g/mol. The van der Waals surface area contributed by atoms with Gasteiger partial charge >= 0.3 is 10.3 Å². The van der Waals surface area contributed by atoms with Gasteiger partial charge in [-0.25, -0.2) is 0 Å². The average Bonchev–Trinajstić information content (AvgIpc) is 1.91. The monoisotopic (exact) mass is 189 g/mol. The van der Waals surface area contributed by atoms with Crippen molar-refractivity contribution < 1.29 is 13.0 Å². The van der Waals surface area contributed by atoms with Gasteiger partial charge in [0.2, 0.25) is 0 Å². The predicted molar refractivity (Wildman–Crippen MR) is 43.8 cm³/mol. The summed E-state index contributed by atoms with van der Waals surface area (Å²) in [5.41, 5.74) is 5.60. The Morgan fingerprint density at radius 2 is 2.25 bits per heavy atom. The van der Waals surface area contributed by atoms with E-state index in [0.717, 1.165) is 0 Å². The molecule has 1 aromatic rings. The van der Waals surface area contributed by atoms with E-state index in [1.807, 2.05) is 0 Å². The second-order valence-electron chi connectivity index (χ2n) is 2.04. The summed E-state index contributed by atoms with van der Waals surface area (Å²) in [6.45, 7) is 0. The van der Waals surface area contributed by atoms with Crippen LogP contribution in [0.3, 0.4) is 0 Å². The third-order valence-corrected chi connectivity index (χ3v) is 1.57. The Morgan fingerprint density at radius 3 is 2.75 bits per heavy atom. The van der Waals surface area contributed by atoms with E-state index in [2.05, 4.69) is 4.98 Å². The lowest BCUT2D eigenvalue weighted by Crippen LogP contribution is -2.11. The van der Waals surface area contributed by atoms with Gasteiger partial charge in [0.15, 0.2) is 0 Å². The Kier molecular flexibility index (Phi) is 2.15. The molecule has 0 aliphatic carbocycles. The summed E-state index contributed by atoms with van der Waals surface area (Å²) < 4.78 is 30.8. The van der Waals surface area contributed by atoms with Crippen LogP contribution in [-0.4, -0.2) is 18.0 Å². The molecule has 0 spiro atoms. The largest absolute Gasteiger partial charge is 0.397 e. The summed E-state index contributed by atoms with van der Waals surface area (Å²) in [4.78, 5) is 3.61. The van der Waals surface area contributed by atoms with Crippen molar-refractivity contribution in [1.82, 2.24) is 4.98 Å². The molecule has 0 bridgehead atoms. The number of nitrogens with one attached hydrogen (secondary N) is 1. The minimum Gasteiger partial charge on any atom is -0.397 e. The Labute approximate surface area is 69.3 Å². The Hall–Kier alpha value is -1.34. The lowest BCUT2D eigenvalue weighted by atomic mass is 10.4. The van der Waals surface area contributed by atoms with E-state index >= 15 is 0 Å². The fraction of sp³-hybridized carbons (Fsp3) is 0. The van der Waals surface area contributed by atoms with Crippen molar-refractivity contribution in [3.63, 3.8) is 0 Å². The Bertz CT molecular complexity index is 375. The first-order chi connectivity index (χ1) is 5.49. The third-order valence-electron chi connectivity index (χ3n) is 1.09. The summed E-state index contributed by atoms with van der Waals surface area (Å²) >= 11 is 0. The van der Waals surface area contributed by atoms with E-state index < -0.39 is 10.3 Å². The smallest absolute Gasteiger partial charge is 0.357 e. The van der Waals surface area contributed by atoms with Crippen molar-refractivity contribution in [2.24, 2.45) is 0 Å². The van der Waals surface area contributed by atoms with Gasteiger partial charge in [-0.15, -0.1) is 0 Å². The summed E-state index contributed by atoms with van der Waals surface area (Å²) in [6.07, 6.45) is 2.60. The predicted octanol–water partition coefficient (Wildman–Crippen LogP) is -0.121. The first-order valence-electron chi connectivity index (χ1n) is 2.94. The lowest BCUT2D eigenvalue weighted by Gasteiger charge is -2.03. The van der Waals surface area contributed by atoms with Crippen LogP contribution in [0.4, 0.5) is 11.4 Å². The molecule has 12 heavy (non-hydrogen) atoms. The standard InChI is InChI=1S/C5H7N3O3S/c6-4-1-2-7-3-5(4)8-12(9,10)11/h1-3,8H,(H2,6,7)(H,9,10,11). The second-order valence-corrected chi connectivity index (χ2v) is 3.19. The number of aromatic nitrogens is 1. The minimum atomic E-state index is -4.27. The van der Waals surface area contributed by atoms with Crippen LogP contribution in [0, 0.1) is 0 Å². The van der Waals surface area contributed by atoms with Crippen molar-refractivity contribution in [3.8, 4) is 0 Å². The van der Waals surface area contributed by atoms with E-state index in [-0.39, 0.29) is 11.4 Å². The van der Waals surface area contributed by atoms with Crippen molar-refractivity contribution in [2.75, 3.05) is 10.5 Å². The van der Waals surface area contributed by atoms with E-state index in [0.29, 0.717) is 0 Å². The molecule has 1 aromatic heterocycles. The van der Waals surface area contributed by atoms with Crippen molar-refractivity contribution in [2.45, 2.75) is 0 Å². The number of pyridine rings is 1. The van der Waals surface area contributed by atoms with Crippen LogP contribution in [-0.2, 0) is 10.3 Å². The van der Waals surface area contributed by atoms with Crippen LogP contribution >= 0.6 is 0 Å². The van der Waals surface area contributed by atoms with Crippen molar-refractivity contribution in [3.05, 3.63) is 18.5 Å². The molecule has 0 unspecified atom stereocenters. The van der Waals surface area contributed by atoms with E-state index in [1.54, 1.807) is 4.72 Å². The molecule has 0 atom stereocenters. The molecule has 1 rings (SSSR count). The minimum absolute atomic E-state index is 0.0556. The Balaban J connectivity index is 2.98. The molecule has 0 saturated heterocycles. The van der Waals surface area contributed by atoms with Crippen LogP contribution in [0.2, 0.25) is 0 Å². The molecule has 0 aromatic carbocycles. The van der Waals surface area contributed by atoms with Gasteiger partial charge in [-0.1, -0.05) is 0 Å². The molecule has 6 nitrogen and oxygen atoms in total. The molecule has 0 fully saturated rings. The van der Waals surface area contributed by atoms with E-state index in [9.17, 15) is 8.42 Å². The zero-order chi connectivity index (χ0) is 9.19. The van der Waals surface area contributed by atoms with E-state index in [1.165, 1.54) is 18.5 Å². The highest BCUT2D eigenvalue weighted by Crippen LogP contribution is 2.15. The molecule has 0 amide bonds. The average molecular weight is 189 g/mol. The topological polar surface area (TPSA) is 105 Å². The highest BCUT2D eigenvalue weighted by Gasteiger charge is 2.05. The van der Waals surface area contributed by atoms with Crippen LogP contribution in [0.15, 0.2) is 18.5 Å². The van der Waals surface area contributed by atoms with Gasteiger partial charge in [0.25, 0.3) is 0 Å². The second kappa shape index (κ2) is 2.95. The maximum atomic E-state index is 10.3. The third kappa shape index (κ3) is 2.36. The molecule has 1 heterocycles. The van der Waals surface area contributed by atoms with Gasteiger partial charge in [-0.05, 0) is 6.07 Å².